The van der Waals surface area contributed by atoms with Gasteiger partial charge in [-0.2, -0.15) is 0 Å². The fraction of sp³-hybridized carbons (Fsp3) is 0.538. The minimum atomic E-state index is -0.485. The molecule has 17 heavy (non-hydrogen) atoms. The lowest BCUT2D eigenvalue weighted by Gasteiger charge is -2.25. The van der Waals surface area contributed by atoms with Crippen molar-refractivity contribution in [3.63, 3.8) is 0 Å². The SMILES string of the molecule is OC1CCCCc2c(Cl)cc3c(c21)OCCO3. The summed E-state index contributed by atoms with van der Waals surface area (Å²) < 4.78 is 11.2. The summed E-state index contributed by atoms with van der Waals surface area (Å²) in [7, 11) is 0. The van der Waals surface area contributed by atoms with Crippen LogP contribution in [0.2, 0.25) is 5.02 Å². The zero-order valence-corrected chi connectivity index (χ0v) is 10.3. The van der Waals surface area contributed by atoms with Crippen LogP contribution in [0.3, 0.4) is 0 Å². The van der Waals surface area contributed by atoms with Crippen molar-refractivity contribution in [2.45, 2.75) is 31.8 Å². The molecule has 1 aliphatic heterocycles. The number of aliphatic hydroxyl groups excluding tert-OH is 1. The van der Waals surface area contributed by atoms with Gasteiger partial charge in [-0.25, -0.2) is 0 Å². The highest BCUT2D eigenvalue weighted by Crippen LogP contribution is 2.45. The summed E-state index contributed by atoms with van der Waals surface area (Å²) >= 11 is 6.27. The molecule has 1 unspecified atom stereocenters. The maximum absolute atomic E-state index is 10.2. The van der Waals surface area contributed by atoms with Gasteiger partial charge in [0.05, 0.1) is 6.10 Å². The maximum Gasteiger partial charge on any atom is 0.167 e. The summed E-state index contributed by atoms with van der Waals surface area (Å²) in [5.74, 6) is 1.37. The van der Waals surface area contributed by atoms with Crippen molar-refractivity contribution < 1.29 is 14.6 Å². The van der Waals surface area contributed by atoms with E-state index in [9.17, 15) is 5.11 Å². The number of fused-ring (bicyclic) bond motifs is 3. The van der Waals surface area contributed by atoms with Crippen molar-refractivity contribution in [3.05, 3.63) is 22.2 Å². The summed E-state index contributed by atoms with van der Waals surface area (Å²) in [6.45, 7) is 1.08. The fourth-order valence-electron chi connectivity index (χ4n) is 2.61. The van der Waals surface area contributed by atoms with Crippen LogP contribution >= 0.6 is 11.6 Å². The molecule has 1 aromatic rings. The van der Waals surface area contributed by atoms with Gasteiger partial charge in [0.25, 0.3) is 0 Å². The lowest BCUT2D eigenvalue weighted by molar-refractivity contribution is 0.141. The molecule has 2 aliphatic rings. The second-order valence-corrected chi connectivity index (χ2v) is 4.94. The highest BCUT2D eigenvalue weighted by Gasteiger charge is 2.28. The Kier molecular flexibility index (Phi) is 2.89. The molecule has 1 atom stereocenters. The molecule has 1 aromatic carbocycles. The molecule has 0 spiro atoms. The molecule has 0 aromatic heterocycles. The highest BCUT2D eigenvalue weighted by atomic mass is 35.5. The second-order valence-electron chi connectivity index (χ2n) is 4.54. The molecule has 3 nitrogen and oxygen atoms in total. The first-order valence-electron chi connectivity index (χ1n) is 6.06. The van der Waals surface area contributed by atoms with Crippen molar-refractivity contribution in [2.75, 3.05) is 13.2 Å². The number of hydrogen-bond donors (Lipinski definition) is 1. The molecule has 3 rings (SSSR count). The number of rotatable bonds is 0. The van der Waals surface area contributed by atoms with Crippen LogP contribution < -0.4 is 9.47 Å². The van der Waals surface area contributed by atoms with Crippen LogP contribution in [0.5, 0.6) is 11.5 Å². The molecule has 92 valence electrons. The minimum absolute atomic E-state index is 0.485. The molecule has 1 N–H and O–H groups in total. The Morgan fingerprint density at radius 1 is 1.24 bits per heavy atom. The van der Waals surface area contributed by atoms with Crippen molar-refractivity contribution in [2.24, 2.45) is 0 Å². The third-order valence-corrected chi connectivity index (χ3v) is 3.75. The number of benzene rings is 1. The molecule has 0 fully saturated rings. The van der Waals surface area contributed by atoms with Crippen LogP contribution in [-0.4, -0.2) is 18.3 Å². The monoisotopic (exact) mass is 254 g/mol. The first kappa shape index (κ1) is 11.2. The Morgan fingerprint density at radius 3 is 2.94 bits per heavy atom. The molecule has 0 saturated heterocycles. The molecular formula is C13H15ClO3. The number of aliphatic hydroxyl groups is 1. The van der Waals surface area contributed by atoms with Gasteiger partial charge < -0.3 is 14.6 Å². The van der Waals surface area contributed by atoms with Gasteiger partial charge >= 0.3 is 0 Å². The van der Waals surface area contributed by atoms with E-state index in [2.05, 4.69) is 0 Å². The van der Waals surface area contributed by atoms with E-state index in [0.717, 1.165) is 36.8 Å². The first-order chi connectivity index (χ1) is 8.27. The Morgan fingerprint density at radius 2 is 2.06 bits per heavy atom. The fourth-order valence-corrected chi connectivity index (χ4v) is 2.90. The zero-order chi connectivity index (χ0) is 11.8. The standard InChI is InChI=1S/C13H15ClO3/c14-9-7-11-13(17-6-5-16-11)12-8(9)3-1-2-4-10(12)15/h7,10,15H,1-6H2. The van der Waals surface area contributed by atoms with E-state index in [1.165, 1.54) is 0 Å². The van der Waals surface area contributed by atoms with Gasteiger partial charge in [0.1, 0.15) is 13.2 Å². The van der Waals surface area contributed by atoms with Gasteiger partial charge in [-0.3, -0.25) is 0 Å². The number of ether oxygens (including phenoxy) is 2. The van der Waals surface area contributed by atoms with Gasteiger partial charge in [0.15, 0.2) is 11.5 Å². The number of halogens is 1. The summed E-state index contributed by atoms with van der Waals surface area (Å²) in [4.78, 5) is 0. The molecule has 0 saturated carbocycles. The molecular weight excluding hydrogens is 240 g/mol. The molecule has 0 bridgehead atoms. The average molecular weight is 255 g/mol. The van der Waals surface area contributed by atoms with Crippen LogP contribution in [0, 0.1) is 0 Å². The Balaban J connectivity index is 2.19. The second kappa shape index (κ2) is 4.39. The average Bonchev–Trinajstić information content (AvgIpc) is 2.52. The molecule has 1 heterocycles. The quantitative estimate of drug-likeness (QED) is 0.724. The van der Waals surface area contributed by atoms with Crippen molar-refractivity contribution in [1.29, 1.82) is 0 Å². The van der Waals surface area contributed by atoms with Gasteiger partial charge in [-0.1, -0.05) is 18.0 Å². The van der Waals surface area contributed by atoms with Gasteiger partial charge in [-0.05, 0) is 24.8 Å². The normalized spacial score (nSPS) is 22.8. The van der Waals surface area contributed by atoms with Gasteiger partial charge in [0, 0.05) is 16.7 Å². The lowest BCUT2D eigenvalue weighted by atomic mass is 9.99. The number of hydrogen-bond acceptors (Lipinski definition) is 3. The van der Waals surface area contributed by atoms with Crippen LogP contribution in [0.4, 0.5) is 0 Å². The van der Waals surface area contributed by atoms with Crippen molar-refractivity contribution in [3.8, 4) is 11.5 Å². The van der Waals surface area contributed by atoms with E-state index in [-0.39, 0.29) is 0 Å². The molecule has 4 heteroatoms. The summed E-state index contributed by atoms with van der Waals surface area (Å²) in [6.07, 6.45) is 3.26. The Hall–Kier alpha value is -0.930. The third kappa shape index (κ3) is 1.87. The molecule has 1 aliphatic carbocycles. The highest BCUT2D eigenvalue weighted by molar-refractivity contribution is 6.31. The third-order valence-electron chi connectivity index (χ3n) is 3.41. The lowest BCUT2D eigenvalue weighted by Crippen LogP contribution is -2.18. The Labute approximate surface area is 105 Å². The van der Waals surface area contributed by atoms with E-state index in [1.807, 2.05) is 6.07 Å². The minimum Gasteiger partial charge on any atom is -0.486 e. The van der Waals surface area contributed by atoms with Crippen molar-refractivity contribution in [1.82, 2.24) is 0 Å². The van der Waals surface area contributed by atoms with Gasteiger partial charge in [0.2, 0.25) is 0 Å². The van der Waals surface area contributed by atoms with E-state index in [1.54, 1.807) is 0 Å². The maximum atomic E-state index is 10.2. The van der Waals surface area contributed by atoms with E-state index in [0.29, 0.717) is 29.7 Å². The Bertz CT molecular complexity index is 445. The van der Waals surface area contributed by atoms with Crippen LogP contribution in [-0.2, 0) is 6.42 Å². The topological polar surface area (TPSA) is 38.7 Å². The van der Waals surface area contributed by atoms with E-state index >= 15 is 0 Å². The van der Waals surface area contributed by atoms with Crippen LogP contribution in [0.15, 0.2) is 6.07 Å². The largest absolute Gasteiger partial charge is 0.486 e. The summed E-state index contributed by atoms with van der Waals surface area (Å²) in [5, 5.41) is 10.9. The van der Waals surface area contributed by atoms with Gasteiger partial charge in [-0.15, -0.1) is 0 Å². The molecule has 0 radical (unpaired) electrons. The van der Waals surface area contributed by atoms with Crippen molar-refractivity contribution >= 4 is 11.6 Å². The smallest absolute Gasteiger partial charge is 0.167 e. The first-order valence-corrected chi connectivity index (χ1v) is 6.44. The van der Waals surface area contributed by atoms with Crippen LogP contribution in [0.1, 0.15) is 36.5 Å². The van der Waals surface area contributed by atoms with Crippen LogP contribution in [0.25, 0.3) is 0 Å². The molecule has 0 amide bonds. The predicted octanol–water partition coefficient (Wildman–Crippen LogP) is 2.87. The van der Waals surface area contributed by atoms with E-state index in [4.69, 9.17) is 21.1 Å². The predicted molar refractivity (Wildman–Crippen MR) is 65.0 cm³/mol. The zero-order valence-electron chi connectivity index (χ0n) is 9.54. The summed E-state index contributed by atoms with van der Waals surface area (Å²) in [6, 6.07) is 1.81. The summed E-state index contributed by atoms with van der Waals surface area (Å²) in [5.41, 5.74) is 1.88. The van der Waals surface area contributed by atoms with E-state index < -0.39 is 6.10 Å².